The van der Waals surface area contributed by atoms with Crippen LogP contribution in [0, 0.1) is 0 Å². The second kappa shape index (κ2) is 10.7. The molecule has 2 aromatic heterocycles. The highest BCUT2D eigenvalue weighted by atomic mass is 15.0. The van der Waals surface area contributed by atoms with Gasteiger partial charge in [-0.1, -0.05) is 101 Å². The largest absolute Gasteiger partial charge is 0.340 e. The first kappa shape index (κ1) is 25.2. The van der Waals surface area contributed by atoms with Crippen LogP contribution >= 0.6 is 0 Å². The molecule has 2 heterocycles. The number of para-hydroxylation sites is 2. The van der Waals surface area contributed by atoms with E-state index in [0.717, 1.165) is 13.1 Å². The summed E-state index contributed by atoms with van der Waals surface area (Å²) in [6, 6.07) is 32.5. The van der Waals surface area contributed by atoms with E-state index in [2.05, 4.69) is 108 Å². The molecule has 202 valence electrons. The lowest BCUT2D eigenvalue weighted by Gasteiger charge is -2.11. The van der Waals surface area contributed by atoms with E-state index in [1.807, 2.05) is 0 Å². The van der Waals surface area contributed by atoms with Crippen LogP contribution in [0.3, 0.4) is 0 Å². The molecule has 0 atom stereocenters. The first-order chi connectivity index (χ1) is 19.8. The average Bonchev–Trinajstić information content (AvgIpc) is 3.47. The van der Waals surface area contributed by atoms with Crippen LogP contribution in [0.4, 0.5) is 0 Å². The Hall–Kier alpha value is -3.78. The number of aromatic nitrogens is 2. The number of unbranched alkanes of at least 4 members (excludes halogenated alkanes) is 6. The monoisotopic (exact) mass is 524 g/mol. The minimum absolute atomic E-state index is 1.08. The summed E-state index contributed by atoms with van der Waals surface area (Å²) in [5.41, 5.74) is 5.47. The summed E-state index contributed by atoms with van der Waals surface area (Å²) in [6.07, 6.45) is 10.2. The number of aryl methyl sites for hydroxylation is 2. The normalized spacial score (nSPS) is 12.2. The van der Waals surface area contributed by atoms with Crippen molar-refractivity contribution < 1.29 is 0 Å². The molecule has 0 unspecified atom stereocenters. The predicted octanol–water partition coefficient (Wildman–Crippen LogP) is 11.4. The number of rotatable bonds is 10. The average molecular weight is 525 g/mol. The lowest BCUT2D eigenvalue weighted by atomic mass is 9.98. The van der Waals surface area contributed by atoms with E-state index in [-0.39, 0.29) is 0 Å². The van der Waals surface area contributed by atoms with Gasteiger partial charge in [-0.3, -0.25) is 0 Å². The standard InChI is InChI=1S/C38H40N2/c1-3-5-7-13-21-39-36-18-12-10-16-30(36)34-25-31-28(24-37(34)39)20-19-27-23-33-29-15-9-11-17-35(29)40(22-14-8-6-4-2)38(33)26-32(27)31/h9-12,15-20,23-26H,3-8,13-14,21-22H2,1-2H3. The van der Waals surface area contributed by atoms with E-state index < -0.39 is 0 Å². The van der Waals surface area contributed by atoms with Gasteiger partial charge in [0.1, 0.15) is 0 Å². The maximum absolute atomic E-state index is 2.58. The molecule has 2 heteroatoms. The molecule has 2 nitrogen and oxygen atoms in total. The molecule has 0 fully saturated rings. The van der Waals surface area contributed by atoms with Gasteiger partial charge in [0.25, 0.3) is 0 Å². The number of benzene rings is 5. The smallest absolute Gasteiger partial charge is 0.0498 e. The first-order valence-corrected chi connectivity index (χ1v) is 15.6. The number of hydrogen-bond acceptors (Lipinski definition) is 0. The summed E-state index contributed by atoms with van der Waals surface area (Å²) in [6.45, 7) is 6.74. The molecule has 0 saturated heterocycles. The van der Waals surface area contributed by atoms with Crippen molar-refractivity contribution in [1.29, 1.82) is 0 Å². The van der Waals surface area contributed by atoms with Crippen LogP contribution < -0.4 is 0 Å². The summed E-state index contributed by atoms with van der Waals surface area (Å²) in [4.78, 5) is 0. The predicted molar refractivity (Wildman–Crippen MR) is 176 cm³/mol. The molecule has 0 aliphatic carbocycles. The van der Waals surface area contributed by atoms with Crippen LogP contribution in [0.1, 0.15) is 65.2 Å². The SMILES string of the molecule is CCCCCCn1c2ccccc2c2cc3c(ccc4cc5c6ccccc6n(CCCCCC)c5cc43)cc21. The van der Waals surface area contributed by atoms with Crippen molar-refractivity contribution in [3.63, 3.8) is 0 Å². The van der Waals surface area contributed by atoms with Gasteiger partial charge in [-0.25, -0.2) is 0 Å². The van der Waals surface area contributed by atoms with Crippen molar-refractivity contribution in [1.82, 2.24) is 9.13 Å². The van der Waals surface area contributed by atoms with E-state index in [4.69, 9.17) is 0 Å². The summed E-state index contributed by atoms with van der Waals surface area (Å²) in [5.74, 6) is 0. The van der Waals surface area contributed by atoms with Crippen LogP contribution in [0.2, 0.25) is 0 Å². The Morgan fingerprint density at radius 3 is 1.50 bits per heavy atom. The second-order valence-corrected chi connectivity index (χ2v) is 11.7. The zero-order valence-corrected chi connectivity index (χ0v) is 24.0. The highest BCUT2D eigenvalue weighted by molar-refractivity contribution is 6.21. The van der Waals surface area contributed by atoms with Crippen molar-refractivity contribution in [2.24, 2.45) is 0 Å². The third kappa shape index (κ3) is 4.17. The molecule has 0 aliphatic heterocycles. The molecule has 0 radical (unpaired) electrons. The fourth-order valence-electron chi connectivity index (χ4n) is 7.02. The van der Waals surface area contributed by atoms with E-state index in [1.54, 1.807) is 0 Å². The Kier molecular flexibility index (Phi) is 6.71. The second-order valence-electron chi connectivity index (χ2n) is 11.7. The summed E-state index contributed by atoms with van der Waals surface area (Å²) >= 11 is 0. The van der Waals surface area contributed by atoms with Crippen molar-refractivity contribution in [3.05, 3.63) is 84.9 Å². The number of nitrogens with zero attached hydrogens (tertiary/aromatic N) is 2. The molecule has 40 heavy (non-hydrogen) atoms. The highest BCUT2D eigenvalue weighted by Gasteiger charge is 2.15. The quantitative estimate of drug-likeness (QED) is 0.124. The van der Waals surface area contributed by atoms with Crippen molar-refractivity contribution in [3.8, 4) is 0 Å². The van der Waals surface area contributed by atoms with Gasteiger partial charge in [0.2, 0.25) is 0 Å². The van der Waals surface area contributed by atoms with E-state index in [1.165, 1.54) is 117 Å². The minimum Gasteiger partial charge on any atom is -0.340 e. The summed E-state index contributed by atoms with van der Waals surface area (Å²) in [7, 11) is 0. The number of fused-ring (bicyclic) bond motifs is 9. The fraction of sp³-hybridized carbons (Fsp3) is 0.316. The van der Waals surface area contributed by atoms with Gasteiger partial charge in [-0.2, -0.15) is 0 Å². The molecule has 0 bridgehead atoms. The van der Waals surface area contributed by atoms with E-state index in [9.17, 15) is 0 Å². The third-order valence-corrected chi connectivity index (χ3v) is 9.09. The Bertz CT molecular complexity index is 1980. The molecular weight excluding hydrogens is 484 g/mol. The van der Waals surface area contributed by atoms with Gasteiger partial charge in [-0.15, -0.1) is 0 Å². The third-order valence-electron chi connectivity index (χ3n) is 9.09. The minimum atomic E-state index is 1.08. The van der Waals surface area contributed by atoms with Crippen molar-refractivity contribution in [2.45, 2.75) is 78.3 Å². The van der Waals surface area contributed by atoms with Crippen molar-refractivity contribution in [2.75, 3.05) is 0 Å². The van der Waals surface area contributed by atoms with Crippen LogP contribution in [-0.4, -0.2) is 9.13 Å². The zero-order chi connectivity index (χ0) is 27.1. The Morgan fingerprint density at radius 1 is 0.400 bits per heavy atom. The van der Waals surface area contributed by atoms with Gasteiger partial charge in [0.15, 0.2) is 0 Å². The molecular formula is C38H40N2. The Labute approximate surface area is 237 Å². The summed E-state index contributed by atoms with van der Waals surface area (Å²) < 4.78 is 5.15. The van der Waals surface area contributed by atoms with Crippen LogP contribution in [-0.2, 0) is 13.1 Å². The van der Waals surface area contributed by atoms with E-state index in [0.29, 0.717) is 0 Å². The van der Waals surface area contributed by atoms with Crippen LogP contribution in [0.15, 0.2) is 84.9 Å². The van der Waals surface area contributed by atoms with Crippen LogP contribution in [0.25, 0.3) is 65.2 Å². The molecule has 0 aliphatic rings. The highest BCUT2D eigenvalue weighted by Crippen LogP contribution is 2.38. The summed E-state index contributed by atoms with van der Waals surface area (Å²) in [5, 5.41) is 10.9. The molecule has 0 amide bonds. The molecule has 7 aromatic rings. The van der Waals surface area contributed by atoms with E-state index >= 15 is 0 Å². The Morgan fingerprint density at radius 2 is 0.900 bits per heavy atom. The molecule has 0 saturated carbocycles. The Balaban J connectivity index is 1.45. The lowest BCUT2D eigenvalue weighted by Crippen LogP contribution is -1.98. The zero-order valence-electron chi connectivity index (χ0n) is 24.0. The van der Waals surface area contributed by atoms with Gasteiger partial charge in [0, 0.05) is 56.7 Å². The molecule has 0 N–H and O–H groups in total. The maximum Gasteiger partial charge on any atom is 0.0498 e. The van der Waals surface area contributed by atoms with Crippen LogP contribution in [0.5, 0.6) is 0 Å². The van der Waals surface area contributed by atoms with Crippen molar-refractivity contribution >= 4 is 65.2 Å². The maximum atomic E-state index is 2.58. The molecule has 5 aromatic carbocycles. The molecule has 0 spiro atoms. The fourth-order valence-corrected chi connectivity index (χ4v) is 7.02. The first-order valence-electron chi connectivity index (χ1n) is 15.6. The molecule has 7 rings (SSSR count). The van der Waals surface area contributed by atoms with Gasteiger partial charge in [-0.05, 0) is 70.8 Å². The topological polar surface area (TPSA) is 9.86 Å². The lowest BCUT2D eigenvalue weighted by molar-refractivity contribution is 0.602. The number of hydrogen-bond donors (Lipinski definition) is 0. The van der Waals surface area contributed by atoms with Gasteiger partial charge >= 0.3 is 0 Å². The van der Waals surface area contributed by atoms with Gasteiger partial charge in [0.05, 0.1) is 0 Å². The van der Waals surface area contributed by atoms with Gasteiger partial charge < -0.3 is 9.13 Å².